The molecule has 1 aromatic heterocycles. The predicted molar refractivity (Wildman–Crippen MR) is 68.5 cm³/mol. The highest BCUT2D eigenvalue weighted by atomic mass is 32.1. The van der Waals surface area contributed by atoms with Gasteiger partial charge in [-0.05, 0) is 25.8 Å². The van der Waals surface area contributed by atoms with Gasteiger partial charge in [-0.2, -0.15) is 0 Å². The Labute approximate surface area is 105 Å². The predicted octanol–water partition coefficient (Wildman–Crippen LogP) is 2.42. The van der Waals surface area contributed by atoms with E-state index in [4.69, 9.17) is 0 Å². The fraction of sp³-hybridized carbons (Fsp3) is 0.538. The Bertz CT molecular complexity index is 464. The van der Waals surface area contributed by atoms with Crippen molar-refractivity contribution in [3.05, 3.63) is 21.4 Å². The largest absolute Gasteiger partial charge is 0.335 e. The second kappa shape index (κ2) is 4.61. The second-order valence-electron chi connectivity index (χ2n) is 4.83. The summed E-state index contributed by atoms with van der Waals surface area (Å²) in [6.07, 6.45) is 0.578. The Balaban J connectivity index is 2.07. The van der Waals surface area contributed by atoms with Gasteiger partial charge in [-0.25, -0.2) is 0 Å². The maximum atomic E-state index is 12.1. The smallest absolute Gasteiger partial charge is 0.223 e. The molecule has 1 fully saturated rings. The van der Waals surface area contributed by atoms with Gasteiger partial charge in [0.2, 0.25) is 5.91 Å². The van der Waals surface area contributed by atoms with Crippen molar-refractivity contribution in [2.24, 2.45) is 5.92 Å². The van der Waals surface area contributed by atoms with Gasteiger partial charge in [-0.15, -0.1) is 11.3 Å². The van der Waals surface area contributed by atoms with Crippen LogP contribution in [0.15, 0.2) is 6.07 Å². The first-order valence-electron chi connectivity index (χ1n) is 5.85. The molecule has 1 unspecified atom stereocenters. The SMILES string of the molecule is Cc1cc(C(=O)CN2CC(C)CC2=O)c(C)s1. The van der Waals surface area contributed by atoms with E-state index in [0.29, 0.717) is 18.9 Å². The number of likely N-dealkylation sites (tertiary alicyclic amines) is 1. The van der Waals surface area contributed by atoms with Gasteiger partial charge in [0.1, 0.15) is 0 Å². The maximum Gasteiger partial charge on any atom is 0.223 e. The number of hydrogen-bond donors (Lipinski definition) is 0. The zero-order valence-corrected chi connectivity index (χ0v) is 11.3. The van der Waals surface area contributed by atoms with E-state index in [0.717, 1.165) is 15.3 Å². The van der Waals surface area contributed by atoms with Gasteiger partial charge in [-0.1, -0.05) is 6.92 Å². The number of nitrogens with zero attached hydrogens (tertiary/aromatic N) is 1. The zero-order chi connectivity index (χ0) is 12.6. The van der Waals surface area contributed by atoms with Gasteiger partial charge >= 0.3 is 0 Å². The minimum absolute atomic E-state index is 0.0642. The van der Waals surface area contributed by atoms with Crippen LogP contribution in [-0.2, 0) is 4.79 Å². The summed E-state index contributed by atoms with van der Waals surface area (Å²) in [5, 5.41) is 0. The standard InChI is InChI=1S/C13H17NO2S/c1-8-4-13(16)14(6-8)7-12(15)11-5-9(2)17-10(11)3/h5,8H,4,6-7H2,1-3H3. The van der Waals surface area contributed by atoms with E-state index in [1.54, 1.807) is 16.2 Å². The molecule has 2 rings (SSSR count). The fourth-order valence-electron chi connectivity index (χ4n) is 2.29. The summed E-state index contributed by atoms with van der Waals surface area (Å²) in [4.78, 5) is 27.6. The van der Waals surface area contributed by atoms with Crippen molar-refractivity contribution in [2.45, 2.75) is 27.2 Å². The second-order valence-corrected chi connectivity index (χ2v) is 6.29. The van der Waals surface area contributed by atoms with Crippen LogP contribution in [0.5, 0.6) is 0 Å². The number of hydrogen-bond acceptors (Lipinski definition) is 3. The van der Waals surface area contributed by atoms with Crippen LogP contribution in [0.2, 0.25) is 0 Å². The molecule has 92 valence electrons. The number of amides is 1. The zero-order valence-electron chi connectivity index (χ0n) is 10.4. The molecule has 0 aliphatic carbocycles. The van der Waals surface area contributed by atoms with Crippen LogP contribution in [0, 0.1) is 19.8 Å². The van der Waals surface area contributed by atoms with Crippen LogP contribution >= 0.6 is 11.3 Å². The lowest BCUT2D eigenvalue weighted by Crippen LogP contribution is -2.31. The Morgan fingerprint density at radius 2 is 2.24 bits per heavy atom. The summed E-state index contributed by atoms with van der Waals surface area (Å²) in [6, 6.07) is 1.92. The van der Waals surface area contributed by atoms with Crippen molar-refractivity contribution in [2.75, 3.05) is 13.1 Å². The molecule has 17 heavy (non-hydrogen) atoms. The third-order valence-corrected chi connectivity index (χ3v) is 4.05. The average molecular weight is 251 g/mol. The van der Waals surface area contributed by atoms with Crippen molar-refractivity contribution in [1.82, 2.24) is 4.90 Å². The summed E-state index contributed by atoms with van der Waals surface area (Å²) in [5.74, 6) is 0.547. The molecule has 0 radical (unpaired) electrons. The van der Waals surface area contributed by atoms with E-state index in [1.807, 2.05) is 26.8 Å². The first-order chi connectivity index (χ1) is 7.97. The molecule has 0 N–H and O–H groups in total. The highest BCUT2D eigenvalue weighted by Crippen LogP contribution is 2.23. The van der Waals surface area contributed by atoms with Crippen LogP contribution in [-0.4, -0.2) is 29.7 Å². The Hall–Kier alpha value is -1.16. The Morgan fingerprint density at radius 3 is 2.71 bits per heavy atom. The van der Waals surface area contributed by atoms with E-state index < -0.39 is 0 Å². The van der Waals surface area contributed by atoms with Gasteiger partial charge in [0.05, 0.1) is 6.54 Å². The van der Waals surface area contributed by atoms with Crippen molar-refractivity contribution in [3.8, 4) is 0 Å². The molecule has 4 heteroatoms. The third kappa shape index (κ3) is 2.57. The lowest BCUT2D eigenvalue weighted by atomic mass is 10.1. The average Bonchev–Trinajstić information content (AvgIpc) is 2.70. The molecule has 0 spiro atoms. The monoisotopic (exact) mass is 251 g/mol. The highest BCUT2D eigenvalue weighted by molar-refractivity contribution is 7.12. The first kappa shape index (κ1) is 12.3. The summed E-state index contributed by atoms with van der Waals surface area (Å²) in [6.45, 7) is 6.95. The molecule has 1 aliphatic heterocycles. The normalized spacial score (nSPS) is 20.1. The lowest BCUT2D eigenvalue weighted by molar-refractivity contribution is -0.127. The molecule has 3 nitrogen and oxygen atoms in total. The number of Topliss-reactive ketones (excluding diaryl/α,β-unsaturated/α-hetero) is 1. The van der Waals surface area contributed by atoms with Gasteiger partial charge in [0.15, 0.2) is 5.78 Å². The van der Waals surface area contributed by atoms with Crippen molar-refractivity contribution in [1.29, 1.82) is 0 Å². The van der Waals surface area contributed by atoms with E-state index >= 15 is 0 Å². The summed E-state index contributed by atoms with van der Waals surface area (Å²) >= 11 is 1.63. The quantitative estimate of drug-likeness (QED) is 0.774. The van der Waals surface area contributed by atoms with E-state index in [1.165, 1.54) is 0 Å². The topological polar surface area (TPSA) is 37.4 Å². The maximum absolute atomic E-state index is 12.1. The molecule has 2 heterocycles. The van der Waals surface area contributed by atoms with Crippen molar-refractivity contribution >= 4 is 23.0 Å². The molecule has 0 aromatic carbocycles. The lowest BCUT2D eigenvalue weighted by Gasteiger charge is -2.14. The van der Waals surface area contributed by atoms with E-state index in [-0.39, 0.29) is 18.2 Å². The van der Waals surface area contributed by atoms with Gasteiger partial charge < -0.3 is 4.90 Å². The van der Waals surface area contributed by atoms with Gasteiger partial charge in [-0.3, -0.25) is 9.59 Å². The number of aryl methyl sites for hydroxylation is 2. The van der Waals surface area contributed by atoms with Gasteiger partial charge in [0.25, 0.3) is 0 Å². The summed E-state index contributed by atoms with van der Waals surface area (Å²) < 4.78 is 0. The molecule has 1 aliphatic rings. The van der Waals surface area contributed by atoms with Crippen LogP contribution in [0.3, 0.4) is 0 Å². The molecular formula is C13H17NO2S. The minimum Gasteiger partial charge on any atom is -0.335 e. The summed E-state index contributed by atoms with van der Waals surface area (Å²) in [7, 11) is 0. The first-order valence-corrected chi connectivity index (χ1v) is 6.67. The van der Waals surface area contributed by atoms with Crippen LogP contribution < -0.4 is 0 Å². The molecule has 1 saturated heterocycles. The minimum atomic E-state index is 0.0642. The van der Waals surface area contributed by atoms with Gasteiger partial charge in [0, 0.05) is 28.3 Å². The van der Waals surface area contributed by atoms with Crippen LogP contribution in [0.4, 0.5) is 0 Å². The molecule has 0 bridgehead atoms. The molecule has 1 atom stereocenters. The molecular weight excluding hydrogens is 234 g/mol. The van der Waals surface area contributed by atoms with E-state index in [9.17, 15) is 9.59 Å². The number of carbonyl (C=O) groups excluding carboxylic acids is 2. The van der Waals surface area contributed by atoms with Crippen molar-refractivity contribution < 1.29 is 9.59 Å². The number of rotatable bonds is 3. The van der Waals surface area contributed by atoms with Crippen LogP contribution in [0.1, 0.15) is 33.5 Å². The van der Waals surface area contributed by atoms with Crippen LogP contribution in [0.25, 0.3) is 0 Å². The number of ketones is 1. The molecule has 0 saturated carbocycles. The third-order valence-electron chi connectivity index (χ3n) is 3.08. The van der Waals surface area contributed by atoms with Crippen molar-refractivity contribution in [3.63, 3.8) is 0 Å². The fourth-order valence-corrected chi connectivity index (χ4v) is 3.23. The molecule has 1 aromatic rings. The number of thiophene rings is 1. The van der Waals surface area contributed by atoms with E-state index in [2.05, 4.69) is 0 Å². The summed E-state index contributed by atoms with van der Waals surface area (Å²) in [5.41, 5.74) is 0.778. The number of carbonyl (C=O) groups is 2. The Morgan fingerprint density at radius 1 is 1.53 bits per heavy atom. The molecule has 1 amide bonds. The Kier molecular flexibility index (Phi) is 3.33. The highest BCUT2D eigenvalue weighted by Gasteiger charge is 2.28.